The Kier molecular flexibility index (Phi) is 3.31. The van der Waals surface area contributed by atoms with Gasteiger partial charge in [-0.15, -0.1) is 0 Å². The first-order valence-electron chi connectivity index (χ1n) is 4.10. The second-order valence-electron chi connectivity index (χ2n) is 3.33. The monoisotopic (exact) mass is 345 g/mol. The molecule has 0 unspecified atom stereocenters. The predicted octanol–water partition coefficient (Wildman–Crippen LogP) is 1.69. The van der Waals surface area contributed by atoms with Gasteiger partial charge in [-0.2, -0.15) is 0 Å². The Balaban J connectivity index is 2.79. The number of allylic oxidation sites excluding steroid dienone is 2. The summed E-state index contributed by atoms with van der Waals surface area (Å²) in [5.41, 5.74) is 2.89. The van der Waals surface area contributed by atoms with Gasteiger partial charge in [0.15, 0.2) is 0 Å². The van der Waals surface area contributed by atoms with Gasteiger partial charge in [-0.05, 0) is 0 Å². The molecule has 0 fully saturated rings. The van der Waals surface area contributed by atoms with Crippen molar-refractivity contribution in [3.8, 4) is 0 Å². The molecule has 0 spiro atoms. The van der Waals surface area contributed by atoms with Crippen LogP contribution in [0.4, 0.5) is 0 Å². The Hall–Kier alpha value is 0.362. The molecule has 1 N–H and O–H groups in total. The maximum atomic E-state index is 4.21. The summed E-state index contributed by atoms with van der Waals surface area (Å²) in [6.45, 7) is 7.28. The van der Waals surface area contributed by atoms with Gasteiger partial charge >= 0.3 is 77.4 Å². The first-order valence-corrected chi connectivity index (χ1v) is 14.0. The third kappa shape index (κ3) is 1.93. The Bertz CT molecular complexity index is 206. The molecule has 0 aromatic heterocycles. The molecule has 1 aliphatic heterocycles. The molecule has 1 rings (SSSR count). The molecule has 0 saturated carbocycles. The molecule has 1 aliphatic rings. The first kappa shape index (κ1) is 9.45. The molecule has 60 valence electrons. The molecule has 1 nitrogen and oxygen atoms in total. The summed E-state index contributed by atoms with van der Waals surface area (Å²) >= 11 is -1.38. The van der Waals surface area contributed by atoms with Gasteiger partial charge in [0, 0.05) is 0 Å². The van der Waals surface area contributed by atoms with Gasteiger partial charge in [0.05, 0.1) is 0 Å². The van der Waals surface area contributed by atoms with E-state index in [1.165, 1.54) is 15.1 Å². The van der Waals surface area contributed by atoms with E-state index in [0.717, 1.165) is 6.61 Å². The van der Waals surface area contributed by atoms with Gasteiger partial charge in [-0.3, -0.25) is 0 Å². The van der Waals surface area contributed by atoms with E-state index in [4.69, 9.17) is 0 Å². The normalized spacial score (nSPS) is 18.5. The molecule has 0 aliphatic carbocycles. The molecule has 0 aromatic carbocycles. The summed E-state index contributed by atoms with van der Waals surface area (Å²) < 4.78 is 9.75. The molecule has 11 heavy (non-hydrogen) atoms. The molecule has 2 heteroatoms. The second-order valence-corrected chi connectivity index (χ2v) is 14.6. The van der Waals surface area contributed by atoms with E-state index in [9.17, 15) is 0 Å². The summed E-state index contributed by atoms with van der Waals surface area (Å²) in [6, 6.07) is 0. The molecule has 1 heterocycles. The Morgan fingerprint density at radius 1 is 1.64 bits per heavy atom. The molecule has 0 atom stereocenters. The zero-order valence-corrected chi connectivity index (χ0v) is 12.1. The molecule has 0 amide bonds. The molecule has 0 saturated heterocycles. The summed E-state index contributed by atoms with van der Waals surface area (Å²) in [7, 11) is 1.90. The van der Waals surface area contributed by atoms with Crippen molar-refractivity contribution in [1.29, 1.82) is 0 Å². The van der Waals surface area contributed by atoms with E-state index in [1.807, 2.05) is 7.11 Å². The van der Waals surface area contributed by atoms with Crippen molar-refractivity contribution < 1.29 is 4.74 Å². The van der Waals surface area contributed by atoms with Crippen LogP contribution in [0, 0.1) is 0 Å². The van der Waals surface area contributed by atoms with E-state index in [-0.39, 0.29) is 0 Å². The van der Waals surface area contributed by atoms with Gasteiger partial charge in [-0.1, -0.05) is 0 Å². The molecule has 0 bridgehead atoms. The maximum absolute atomic E-state index is 4.21. The topological polar surface area (TPSA) is 12.8 Å². The Morgan fingerprint density at radius 2 is 2.27 bits per heavy atom. The van der Waals surface area contributed by atoms with Crippen LogP contribution in [0.3, 0.4) is 0 Å². The summed E-state index contributed by atoms with van der Waals surface area (Å²) in [5.74, 6) is 0. The van der Waals surface area contributed by atoms with E-state index in [0.29, 0.717) is 0 Å². The van der Waals surface area contributed by atoms with Crippen LogP contribution in [-0.4, -0.2) is 41.2 Å². The minimum absolute atomic E-state index is 0.994. The van der Waals surface area contributed by atoms with Crippen molar-refractivity contribution in [3.63, 3.8) is 0 Å². The molecule has 0 aromatic rings. The van der Waals surface area contributed by atoms with Crippen LogP contribution in [0.1, 0.15) is 6.92 Å². The number of hydrogen-bond donors (Lipinski definition) is 0. The average Bonchev–Trinajstić information content (AvgIpc) is 2.17. The molecular formula is C9H16OTl+. The fourth-order valence-electron chi connectivity index (χ4n) is 1.69. The van der Waals surface area contributed by atoms with Crippen LogP contribution < -0.4 is 0 Å². The number of hydrogen-bond acceptors (Lipinski definition) is 0. The van der Waals surface area contributed by atoms with Crippen molar-refractivity contribution >= 4 is 22.7 Å². The van der Waals surface area contributed by atoms with Crippen molar-refractivity contribution in [2.24, 2.45) is 0 Å². The number of aliphatic hydroxyl groups is 2. The predicted molar refractivity (Wildman–Crippen MR) is 51.3 cm³/mol. The van der Waals surface area contributed by atoms with Crippen LogP contribution in [0.2, 0.25) is 8.46 Å². The SMILES string of the molecule is C=C1[CH2][Tl]([CH3])[C](C[OH+]C)=C1C. The third-order valence-electron chi connectivity index (χ3n) is 2.49. The van der Waals surface area contributed by atoms with Crippen molar-refractivity contribution in [2.75, 3.05) is 13.7 Å². The van der Waals surface area contributed by atoms with Crippen LogP contribution >= 0.6 is 0 Å². The summed E-state index contributed by atoms with van der Waals surface area (Å²) in [4.78, 5) is 0. The average molecular weight is 345 g/mol. The van der Waals surface area contributed by atoms with Crippen LogP contribution in [0.15, 0.2) is 20.9 Å². The van der Waals surface area contributed by atoms with E-state index >= 15 is 0 Å². The summed E-state index contributed by atoms with van der Waals surface area (Å²) in [6.07, 6.45) is 0. The minimum atomic E-state index is -1.38. The van der Waals surface area contributed by atoms with E-state index in [1.54, 1.807) is 3.13 Å². The van der Waals surface area contributed by atoms with Crippen LogP contribution in [0.5, 0.6) is 0 Å². The Labute approximate surface area is 77.3 Å². The van der Waals surface area contributed by atoms with Gasteiger partial charge in [-0.25, -0.2) is 0 Å². The second kappa shape index (κ2) is 3.85. The quantitative estimate of drug-likeness (QED) is 0.534. The van der Waals surface area contributed by atoms with Gasteiger partial charge in [0.2, 0.25) is 0 Å². The third-order valence-corrected chi connectivity index (χ3v) is 13.8. The first-order chi connectivity index (χ1) is 5.16. The standard InChI is InChI=1S/C8H12O.CH3.Tl/c1-7(2)8(3)5-6-9-4;;/h1-2,6H2,3-4H3;1H3;/p+1. The fourth-order valence-corrected chi connectivity index (χ4v) is 12.3. The molecule has 0 radical (unpaired) electrons. The van der Waals surface area contributed by atoms with Crippen molar-refractivity contribution in [1.82, 2.24) is 0 Å². The van der Waals surface area contributed by atoms with Gasteiger partial charge < -0.3 is 0 Å². The Morgan fingerprint density at radius 3 is 2.64 bits per heavy atom. The van der Waals surface area contributed by atoms with E-state index in [2.05, 4.69) is 22.7 Å². The molecular weight excluding hydrogens is 328 g/mol. The van der Waals surface area contributed by atoms with E-state index < -0.39 is 22.7 Å². The number of ether oxygens (including phenoxy) is 1. The van der Waals surface area contributed by atoms with Crippen molar-refractivity contribution in [3.05, 3.63) is 20.9 Å². The fraction of sp³-hybridized carbons (Fsp3) is 0.556. The van der Waals surface area contributed by atoms with Crippen LogP contribution in [-0.2, 0) is 0 Å². The number of rotatable bonds is 2. The van der Waals surface area contributed by atoms with Crippen molar-refractivity contribution in [2.45, 2.75) is 15.4 Å². The summed E-state index contributed by atoms with van der Waals surface area (Å²) in [5, 5.41) is 0. The van der Waals surface area contributed by atoms with Gasteiger partial charge in [0.1, 0.15) is 0 Å². The van der Waals surface area contributed by atoms with Gasteiger partial charge in [0.25, 0.3) is 0 Å². The zero-order valence-electron chi connectivity index (χ0n) is 7.65. The zero-order chi connectivity index (χ0) is 8.43. The van der Waals surface area contributed by atoms with Crippen LogP contribution in [0.25, 0.3) is 0 Å².